The number of hydrogen-bond donors (Lipinski definition) is 1. The molecule has 1 rings (SSSR count). The van der Waals surface area contributed by atoms with Gasteiger partial charge in [-0.15, -0.1) is 0 Å². The molecular weight excluding hydrogens is 211 g/mol. The van der Waals surface area contributed by atoms with Gasteiger partial charge < -0.3 is 9.84 Å². The molecule has 0 aliphatic rings. The number of esters is 1. The van der Waals surface area contributed by atoms with Crippen LogP contribution in [-0.4, -0.2) is 17.7 Å². The van der Waals surface area contributed by atoms with Gasteiger partial charge in [-0.2, -0.15) is 0 Å². The van der Waals surface area contributed by atoms with Gasteiger partial charge in [0.1, 0.15) is 18.0 Å². The van der Waals surface area contributed by atoms with E-state index in [2.05, 4.69) is 16.6 Å². The van der Waals surface area contributed by atoms with Crippen molar-refractivity contribution in [1.29, 1.82) is 0 Å². The minimum atomic E-state index is -0.534. The maximum absolute atomic E-state index is 12.6. The van der Waals surface area contributed by atoms with Gasteiger partial charge in [-0.25, -0.2) is 4.39 Å². The van der Waals surface area contributed by atoms with E-state index in [1.54, 1.807) is 6.92 Å². The average molecular weight is 222 g/mol. The van der Waals surface area contributed by atoms with Crippen molar-refractivity contribution in [2.24, 2.45) is 0 Å². The fourth-order valence-electron chi connectivity index (χ4n) is 1.03. The summed E-state index contributed by atoms with van der Waals surface area (Å²) in [5.74, 6) is 3.91. The van der Waals surface area contributed by atoms with Crippen LogP contribution >= 0.6 is 0 Å². The summed E-state index contributed by atoms with van der Waals surface area (Å²) in [7, 11) is 0. The highest BCUT2D eigenvalue weighted by Crippen LogP contribution is 2.16. The Hall–Kier alpha value is -2.02. The number of ether oxygens (including phenoxy) is 1. The molecule has 1 aromatic rings. The van der Waals surface area contributed by atoms with E-state index >= 15 is 0 Å². The third-order valence-corrected chi connectivity index (χ3v) is 1.72. The van der Waals surface area contributed by atoms with Crippen LogP contribution in [0.1, 0.15) is 18.9 Å². The zero-order valence-corrected chi connectivity index (χ0v) is 8.79. The van der Waals surface area contributed by atoms with Gasteiger partial charge in [-0.3, -0.25) is 4.79 Å². The molecule has 0 aliphatic carbocycles. The molecule has 0 aromatic heterocycles. The zero-order chi connectivity index (χ0) is 12.0. The number of phenolic OH excluding ortho intramolecular Hbond substituents is 1. The van der Waals surface area contributed by atoms with Crippen LogP contribution in [0.5, 0.6) is 5.75 Å². The van der Waals surface area contributed by atoms with Crippen molar-refractivity contribution in [2.75, 3.05) is 6.61 Å². The molecule has 0 saturated carbocycles. The summed E-state index contributed by atoms with van der Waals surface area (Å²) in [6.07, 6.45) is -0.0509. The smallest absolute Gasteiger partial charge is 0.317 e. The van der Waals surface area contributed by atoms with Gasteiger partial charge in [-0.05, 0) is 19.1 Å². The summed E-state index contributed by atoms with van der Waals surface area (Å²) in [5.41, 5.74) is 0.283. The van der Waals surface area contributed by atoms with Crippen LogP contribution in [0.25, 0.3) is 0 Å². The maximum Gasteiger partial charge on any atom is 0.317 e. The van der Waals surface area contributed by atoms with Crippen molar-refractivity contribution in [1.82, 2.24) is 0 Å². The molecule has 0 heterocycles. The van der Waals surface area contributed by atoms with Crippen molar-refractivity contribution in [3.05, 3.63) is 29.6 Å². The second-order valence-corrected chi connectivity index (χ2v) is 2.95. The Morgan fingerprint density at radius 1 is 1.56 bits per heavy atom. The topological polar surface area (TPSA) is 46.5 Å². The Labute approximate surface area is 92.9 Å². The van der Waals surface area contributed by atoms with E-state index in [9.17, 15) is 14.3 Å². The van der Waals surface area contributed by atoms with Crippen molar-refractivity contribution in [2.45, 2.75) is 13.3 Å². The Bertz CT molecular complexity index is 443. The van der Waals surface area contributed by atoms with E-state index in [4.69, 9.17) is 0 Å². The number of halogens is 1. The summed E-state index contributed by atoms with van der Waals surface area (Å²) in [5, 5.41) is 9.30. The highest BCUT2D eigenvalue weighted by atomic mass is 19.1. The number of aromatic hydroxyl groups is 1. The molecule has 0 atom stereocenters. The van der Waals surface area contributed by atoms with E-state index in [1.165, 1.54) is 12.1 Å². The number of hydrogen-bond acceptors (Lipinski definition) is 3. The van der Waals surface area contributed by atoms with E-state index < -0.39 is 11.8 Å². The van der Waals surface area contributed by atoms with Gasteiger partial charge in [0.25, 0.3) is 0 Å². The second-order valence-electron chi connectivity index (χ2n) is 2.95. The predicted octanol–water partition coefficient (Wildman–Crippen LogP) is 1.84. The molecular formula is C12H11FO3. The van der Waals surface area contributed by atoms with E-state index in [-0.39, 0.29) is 17.7 Å². The molecule has 84 valence electrons. The van der Waals surface area contributed by atoms with Crippen LogP contribution in [0, 0.1) is 17.7 Å². The third kappa shape index (κ3) is 3.62. The maximum atomic E-state index is 12.6. The highest BCUT2D eigenvalue weighted by Gasteiger charge is 2.00. The molecule has 0 unspecified atom stereocenters. The average Bonchev–Trinajstić information content (AvgIpc) is 2.22. The second kappa shape index (κ2) is 5.76. The first-order valence-electron chi connectivity index (χ1n) is 4.76. The van der Waals surface area contributed by atoms with Crippen LogP contribution in [0.15, 0.2) is 18.2 Å². The van der Waals surface area contributed by atoms with Crippen molar-refractivity contribution in [3.63, 3.8) is 0 Å². The quantitative estimate of drug-likeness (QED) is 0.613. The molecule has 1 N–H and O–H groups in total. The van der Waals surface area contributed by atoms with Crippen LogP contribution in [-0.2, 0) is 9.53 Å². The monoisotopic (exact) mass is 222 g/mol. The van der Waals surface area contributed by atoms with E-state index in [0.717, 1.165) is 6.07 Å². The fraction of sp³-hybridized carbons (Fsp3) is 0.250. The van der Waals surface area contributed by atoms with Gasteiger partial charge in [-0.1, -0.05) is 11.8 Å². The lowest BCUT2D eigenvalue weighted by Crippen LogP contribution is -2.01. The Morgan fingerprint density at radius 2 is 2.31 bits per heavy atom. The minimum Gasteiger partial charge on any atom is -0.507 e. The summed E-state index contributed by atoms with van der Waals surface area (Å²) < 4.78 is 17.3. The van der Waals surface area contributed by atoms with Crippen molar-refractivity contribution in [3.8, 4) is 17.6 Å². The first-order valence-corrected chi connectivity index (χ1v) is 4.76. The minimum absolute atomic E-state index is 0.0509. The molecule has 1 aromatic carbocycles. The normalized spacial score (nSPS) is 9.12. The van der Waals surface area contributed by atoms with Crippen molar-refractivity contribution < 1.29 is 19.0 Å². The first-order chi connectivity index (χ1) is 7.63. The number of carbonyl (C=O) groups is 1. The summed E-state index contributed by atoms with van der Waals surface area (Å²) in [4.78, 5) is 10.9. The molecule has 16 heavy (non-hydrogen) atoms. The number of rotatable bonds is 2. The van der Waals surface area contributed by atoms with Gasteiger partial charge in [0.15, 0.2) is 0 Å². The summed E-state index contributed by atoms with van der Waals surface area (Å²) in [6, 6.07) is 3.51. The molecule has 0 aliphatic heterocycles. The predicted molar refractivity (Wildman–Crippen MR) is 56.2 cm³/mol. The molecule has 0 saturated heterocycles. The lowest BCUT2D eigenvalue weighted by Gasteiger charge is -1.96. The standard InChI is InChI=1S/C12H11FO3/c1-2-16-12(15)5-3-4-9-6-7-10(13)8-11(9)14/h6-8,14H,2,5H2,1H3. The van der Waals surface area contributed by atoms with Gasteiger partial charge in [0, 0.05) is 6.07 Å². The van der Waals surface area contributed by atoms with Crippen LogP contribution in [0.2, 0.25) is 0 Å². The third-order valence-electron chi connectivity index (χ3n) is 1.72. The van der Waals surface area contributed by atoms with E-state index in [1.807, 2.05) is 0 Å². The van der Waals surface area contributed by atoms with E-state index in [0.29, 0.717) is 6.61 Å². The fourth-order valence-corrected chi connectivity index (χ4v) is 1.03. The van der Waals surface area contributed by atoms with Gasteiger partial charge in [0.05, 0.1) is 12.2 Å². The lowest BCUT2D eigenvalue weighted by atomic mass is 10.2. The van der Waals surface area contributed by atoms with Crippen LogP contribution in [0.4, 0.5) is 4.39 Å². The summed E-state index contributed by atoms with van der Waals surface area (Å²) >= 11 is 0. The summed E-state index contributed by atoms with van der Waals surface area (Å²) in [6.45, 7) is 2.01. The molecule has 4 heteroatoms. The number of benzene rings is 1. The lowest BCUT2D eigenvalue weighted by molar-refractivity contribution is -0.141. The molecule has 0 amide bonds. The number of phenols is 1. The van der Waals surface area contributed by atoms with Crippen LogP contribution in [0.3, 0.4) is 0 Å². The Morgan fingerprint density at radius 3 is 2.94 bits per heavy atom. The molecule has 0 spiro atoms. The van der Waals surface area contributed by atoms with Gasteiger partial charge >= 0.3 is 5.97 Å². The molecule has 0 bridgehead atoms. The zero-order valence-electron chi connectivity index (χ0n) is 8.79. The first kappa shape index (κ1) is 12.1. The van der Waals surface area contributed by atoms with Gasteiger partial charge in [0.2, 0.25) is 0 Å². The molecule has 0 fully saturated rings. The Kier molecular flexibility index (Phi) is 4.34. The molecule has 0 radical (unpaired) electrons. The van der Waals surface area contributed by atoms with Crippen molar-refractivity contribution >= 4 is 5.97 Å². The van der Waals surface area contributed by atoms with Crippen LogP contribution < -0.4 is 0 Å². The SMILES string of the molecule is CCOC(=O)CC#Cc1ccc(F)cc1O. The molecule has 3 nitrogen and oxygen atoms in total. The Balaban J connectivity index is 2.66. The highest BCUT2D eigenvalue weighted by molar-refractivity contribution is 5.72. The number of carbonyl (C=O) groups excluding carboxylic acids is 1. The largest absolute Gasteiger partial charge is 0.507 e.